The van der Waals surface area contributed by atoms with Crippen LogP contribution in [0.4, 0.5) is 4.79 Å². The summed E-state index contributed by atoms with van der Waals surface area (Å²) in [7, 11) is 0. The first-order valence-electron chi connectivity index (χ1n) is 8.07. The summed E-state index contributed by atoms with van der Waals surface area (Å²) in [6.45, 7) is 5.84. The molecule has 1 atom stereocenters. The molecule has 1 aliphatic heterocycles. The van der Waals surface area contributed by atoms with E-state index in [-0.39, 0.29) is 6.03 Å². The molecule has 1 heterocycles. The zero-order chi connectivity index (χ0) is 17.5. The van der Waals surface area contributed by atoms with Gasteiger partial charge in [-0.2, -0.15) is 11.8 Å². The van der Waals surface area contributed by atoms with E-state index in [2.05, 4.69) is 16.5 Å². The predicted molar refractivity (Wildman–Crippen MR) is 96.5 cm³/mol. The van der Waals surface area contributed by atoms with Crippen molar-refractivity contribution in [3.8, 4) is 0 Å². The van der Waals surface area contributed by atoms with E-state index >= 15 is 0 Å². The Hall–Kier alpha value is -1.73. The highest BCUT2D eigenvalue weighted by molar-refractivity contribution is 7.98. The summed E-state index contributed by atoms with van der Waals surface area (Å²) in [6.07, 6.45) is 2.08. The van der Waals surface area contributed by atoms with E-state index in [0.717, 1.165) is 31.0 Å². The van der Waals surface area contributed by atoms with Gasteiger partial charge < -0.3 is 15.3 Å². The van der Waals surface area contributed by atoms with Gasteiger partial charge in [0.25, 0.3) is 0 Å². The van der Waals surface area contributed by atoms with Crippen molar-refractivity contribution in [3.63, 3.8) is 0 Å². The Kier molecular flexibility index (Phi) is 6.93. The second-order valence-electron chi connectivity index (χ2n) is 5.96. The van der Waals surface area contributed by atoms with Gasteiger partial charge in [0.1, 0.15) is 0 Å². The molecule has 6 nitrogen and oxygen atoms in total. The lowest BCUT2D eigenvalue weighted by atomic mass is 10.0. The molecule has 1 fully saturated rings. The monoisotopic (exact) mass is 351 g/mol. The van der Waals surface area contributed by atoms with Gasteiger partial charge in [-0.25, -0.2) is 9.59 Å². The lowest BCUT2D eigenvalue weighted by Crippen LogP contribution is -2.53. The molecule has 0 saturated carbocycles. The third kappa shape index (κ3) is 5.14. The van der Waals surface area contributed by atoms with Crippen molar-refractivity contribution >= 4 is 23.8 Å². The SMILES string of the molecule is CSCCN1CCN(C(=O)N[C@H](C(=O)O)c2cccc(C)c2)CC1. The number of urea groups is 1. The average Bonchev–Trinajstić information content (AvgIpc) is 2.57. The van der Waals surface area contributed by atoms with E-state index in [1.807, 2.05) is 24.8 Å². The van der Waals surface area contributed by atoms with Crippen LogP contribution in [-0.4, -0.2) is 71.6 Å². The Morgan fingerprint density at radius 1 is 1.29 bits per heavy atom. The molecule has 0 spiro atoms. The number of thioether (sulfide) groups is 1. The molecule has 2 N–H and O–H groups in total. The number of carbonyl (C=O) groups excluding carboxylic acids is 1. The fourth-order valence-electron chi connectivity index (χ4n) is 2.75. The van der Waals surface area contributed by atoms with E-state index in [9.17, 15) is 14.7 Å². The minimum Gasteiger partial charge on any atom is -0.479 e. The standard InChI is InChI=1S/C17H25N3O3S/c1-13-4-3-5-14(12-13)15(16(21)22)18-17(23)20-8-6-19(7-9-20)10-11-24-2/h3-5,12,15H,6-11H2,1-2H3,(H,18,23)(H,21,22)/t15-/m0/s1. The van der Waals surface area contributed by atoms with Crippen molar-refractivity contribution in [1.82, 2.24) is 15.1 Å². The topological polar surface area (TPSA) is 72.9 Å². The van der Waals surface area contributed by atoms with Gasteiger partial charge in [-0.05, 0) is 18.7 Å². The van der Waals surface area contributed by atoms with Crippen LogP contribution in [0.25, 0.3) is 0 Å². The van der Waals surface area contributed by atoms with Crippen molar-refractivity contribution in [1.29, 1.82) is 0 Å². The lowest BCUT2D eigenvalue weighted by molar-refractivity contribution is -0.139. The summed E-state index contributed by atoms with van der Waals surface area (Å²) in [5.74, 6) is 0.0354. The molecule has 24 heavy (non-hydrogen) atoms. The molecule has 0 radical (unpaired) electrons. The highest BCUT2D eigenvalue weighted by Crippen LogP contribution is 2.16. The van der Waals surface area contributed by atoms with Crippen molar-refractivity contribution in [2.75, 3.05) is 44.7 Å². The molecular weight excluding hydrogens is 326 g/mol. The average molecular weight is 351 g/mol. The van der Waals surface area contributed by atoms with E-state index in [4.69, 9.17) is 0 Å². The number of nitrogens with zero attached hydrogens (tertiary/aromatic N) is 2. The molecule has 1 saturated heterocycles. The number of nitrogens with one attached hydrogen (secondary N) is 1. The molecule has 7 heteroatoms. The Bertz CT molecular complexity index is 574. The number of carboxylic acids is 1. The molecule has 0 unspecified atom stereocenters. The second kappa shape index (κ2) is 8.94. The fraction of sp³-hybridized carbons (Fsp3) is 0.529. The normalized spacial score (nSPS) is 16.7. The molecule has 1 aromatic rings. The minimum atomic E-state index is -1.05. The Morgan fingerprint density at radius 3 is 2.58 bits per heavy atom. The minimum absolute atomic E-state index is 0.312. The van der Waals surface area contributed by atoms with Gasteiger partial charge >= 0.3 is 12.0 Å². The van der Waals surface area contributed by atoms with Crippen LogP contribution in [0, 0.1) is 6.92 Å². The summed E-state index contributed by atoms with van der Waals surface area (Å²) < 4.78 is 0. The van der Waals surface area contributed by atoms with Crippen LogP contribution >= 0.6 is 11.8 Å². The molecular formula is C17H25N3O3S. The zero-order valence-corrected chi connectivity index (χ0v) is 15.0. The summed E-state index contributed by atoms with van der Waals surface area (Å²) >= 11 is 1.81. The number of aliphatic carboxylic acids is 1. The number of hydrogen-bond acceptors (Lipinski definition) is 4. The highest BCUT2D eigenvalue weighted by atomic mass is 32.2. The number of aryl methyl sites for hydroxylation is 1. The van der Waals surface area contributed by atoms with E-state index in [0.29, 0.717) is 18.7 Å². The lowest BCUT2D eigenvalue weighted by Gasteiger charge is -2.35. The first-order valence-corrected chi connectivity index (χ1v) is 9.46. The third-order valence-corrected chi connectivity index (χ3v) is 4.75. The number of benzene rings is 1. The van der Waals surface area contributed by atoms with Gasteiger partial charge in [-0.1, -0.05) is 29.8 Å². The molecule has 2 rings (SSSR count). The Morgan fingerprint density at radius 2 is 2.00 bits per heavy atom. The number of carbonyl (C=O) groups is 2. The smallest absolute Gasteiger partial charge is 0.330 e. The number of rotatable bonds is 6. The second-order valence-corrected chi connectivity index (χ2v) is 6.94. The maximum Gasteiger partial charge on any atom is 0.330 e. The molecule has 0 aromatic heterocycles. The summed E-state index contributed by atoms with van der Waals surface area (Å²) in [5, 5.41) is 12.1. The van der Waals surface area contributed by atoms with Gasteiger partial charge in [0.15, 0.2) is 6.04 Å². The zero-order valence-electron chi connectivity index (χ0n) is 14.2. The van der Waals surface area contributed by atoms with Crippen LogP contribution in [0.3, 0.4) is 0 Å². The van der Waals surface area contributed by atoms with Crippen LogP contribution in [0.1, 0.15) is 17.2 Å². The third-order valence-electron chi connectivity index (χ3n) is 4.16. The summed E-state index contributed by atoms with van der Waals surface area (Å²) in [4.78, 5) is 28.0. The van der Waals surface area contributed by atoms with Gasteiger partial charge in [-0.15, -0.1) is 0 Å². The van der Waals surface area contributed by atoms with Gasteiger partial charge in [-0.3, -0.25) is 4.90 Å². The van der Waals surface area contributed by atoms with Gasteiger partial charge in [0.05, 0.1) is 0 Å². The first kappa shape index (κ1) is 18.6. The van der Waals surface area contributed by atoms with Crippen molar-refractivity contribution in [2.45, 2.75) is 13.0 Å². The maximum atomic E-state index is 12.4. The van der Waals surface area contributed by atoms with Crippen molar-refractivity contribution in [3.05, 3.63) is 35.4 Å². The first-order chi connectivity index (χ1) is 11.5. The van der Waals surface area contributed by atoms with Crippen molar-refractivity contribution < 1.29 is 14.7 Å². The van der Waals surface area contributed by atoms with E-state index in [1.54, 1.807) is 23.1 Å². The molecule has 1 aromatic carbocycles. The van der Waals surface area contributed by atoms with E-state index in [1.165, 1.54) is 0 Å². The predicted octanol–water partition coefficient (Wildman–Crippen LogP) is 1.81. The van der Waals surface area contributed by atoms with Crippen LogP contribution < -0.4 is 5.32 Å². The highest BCUT2D eigenvalue weighted by Gasteiger charge is 2.26. The molecule has 132 valence electrons. The molecule has 0 aliphatic carbocycles. The number of carboxylic acid groups (broad SMARTS) is 1. The van der Waals surface area contributed by atoms with Crippen LogP contribution in [-0.2, 0) is 4.79 Å². The summed E-state index contributed by atoms with van der Waals surface area (Å²) in [5.41, 5.74) is 1.56. The fourth-order valence-corrected chi connectivity index (χ4v) is 3.19. The summed E-state index contributed by atoms with van der Waals surface area (Å²) in [6, 6.07) is 5.89. The molecule has 1 aliphatic rings. The molecule has 0 bridgehead atoms. The Labute approximate surface area is 147 Å². The largest absolute Gasteiger partial charge is 0.479 e. The van der Waals surface area contributed by atoms with Crippen molar-refractivity contribution in [2.24, 2.45) is 0 Å². The Balaban J connectivity index is 1.93. The quantitative estimate of drug-likeness (QED) is 0.818. The van der Waals surface area contributed by atoms with Crippen LogP contribution in [0.5, 0.6) is 0 Å². The van der Waals surface area contributed by atoms with Crippen LogP contribution in [0.2, 0.25) is 0 Å². The van der Waals surface area contributed by atoms with E-state index < -0.39 is 12.0 Å². The number of hydrogen-bond donors (Lipinski definition) is 2. The van der Waals surface area contributed by atoms with Gasteiger partial charge in [0.2, 0.25) is 0 Å². The van der Waals surface area contributed by atoms with Crippen LogP contribution in [0.15, 0.2) is 24.3 Å². The molecule has 2 amide bonds. The number of piperazine rings is 1. The van der Waals surface area contributed by atoms with Gasteiger partial charge in [0, 0.05) is 38.5 Å². The number of amides is 2. The maximum absolute atomic E-state index is 12.4.